The van der Waals surface area contributed by atoms with Crippen LogP contribution in [-0.2, 0) is 11.2 Å². The number of Topliss-reactive ketones (excluding diaryl/α,β-unsaturated/α-hetero) is 1. The smallest absolute Gasteiger partial charge is 0.179 e. The maximum Gasteiger partial charge on any atom is 0.179 e. The molecule has 1 aromatic carbocycles. The number of rotatable bonds is 8. The molecule has 1 aromatic rings. The lowest BCUT2D eigenvalue weighted by Crippen LogP contribution is -2.38. The van der Waals surface area contributed by atoms with Gasteiger partial charge in [-0.15, -0.1) is 0 Å². The van der Waals surface area contributed by atoms with Crippen molar-refractivity contribution in [3.8, 4) is 0 Å². The molecule has 0 N–H and O–H groups in total. The zero-order valence-electron chi connectivity index (χ0n) is 12.5. The van der Waals surface area contributed by atoms with Crippen LogP contribution in [0.5, 0.6) is 0 Å². The van der Waals surface area contributed by atoms with Crippen LogP contribution in [0.1, 0.15) is 36.7 Å². The molecule has 0 bridgehead atoms. The van der Waals surface area contributed by atoms with Crippen LogP contribution >= 0.6 is 0 Å². The van der Waals surface area contributed by atoms with E-state index in [-0.39, 0.29) is 11.8 Å². The van der Waals surface area contributed by atoms with E-state index in [1.807, 2.05) is 50.1 Å². The van der Waals surface area contributed by atoms with Gasteiger partial charge in [-0.2, -0.15) is 0 Å². The highest BCUT2D eigenvalue weighted by Gasteiger charge is 2.19. The van der Waals surface area contributed by atoms with Crippen LogP contribution < -0.4 is 0 Å². The molecule has 1 unspecified atom stereocenters. The minimum Gasteiger partial charge on any atom is -0.380 e. The molecule has 3 heteroatoms. The molecule has 106 valence electrons. The molecule has 0 spiro atoms. The van der Waals surface area contributed by atoms with Gasteiger partial charge in [0.2, 0.25) is 0 Å². The summed E-state index contributed by atoms with van der Waals surface area (Å²) in [5.74, 6) is 0.168. The summed E-state index contributed by atoms with van der Waals surface area (Å²) in [5.41, 5.74) is 2.04. The molecule has 3 nitrogen and oxygen atoms in total. The van der Waals surface area contributed by atoms with E-state index in [0.29, 0.717) is 13.2 Å². The number of hydrogen-bond donors (Lipinski definition) is 0. The first-order valence-corrected chi connectivity index (χ1v) is 7.01. The largest absolute Gasteiger partial charge is 0.380 e. The number of likely N-dealkylation sites (N-methyl/N-ethyl adjacent to an activating group) is 1. The SMILES string of the molecule is CCOCCN(C)C(C)C(=O)c1ccc(CC)cc1. The van der Waals surface area contributed by atoms with Crippen molar-refractivity contribution in [2.24, 2.45) is 0 Å². The normalized spacial score (nSPS) is 12.7. The van der Waals surface area contributed by atoms with Gasteiger partial charge < -0.3 is 4.74 Å². The lowest BCUT2D eigenvalue weighted by Gasteiger charge is -2.23. The van der Waals surface area contributed by atoms with Crippen molar-refractivity contribution < 1.29 is 9.53 Å². The van der Waals surface area contributed by atoms with Crippen LogP contribution in [0.2, 0.25) is 0 Å². The van der Waals surface area contributed by atoms with Crippen LogP contribution in [0.15, 0.2) is 24.3 Å². The summed E-state index contributed by atoms with van der Waals surface area (Å²) in [6.45, 7) is 8.19. The number of carbonyl (C=O) groups is 1. The molecule has 0 aromatic heterocycles. The van der Waals surface area contributed by atoms with Gasteiger partial charge in [-0.1, -0.05) is 31.2 Å². The highest BCUT2D eigenvalue weighted by Crippen LogP contribution is 2.10. The monoisotopic (exact) mass is 263 g/mol. The summed E-state index contributed by atoms with van der Waals surface area (Å²) in [7, 11) is 1.96. The van der Waals surface area contributed by atoms with E-state index in [1.54, 1.807) is 0 Å². The van der Waals surface area contributed by atoms with Crippen LogP contribution in [0.4, 0.5) is 0 Å². The number of ketones is 1. The Hall–Kier alpha value is -1.19. The molecule has 0 saturated heterocycles. The van der Waals surface area contributed by atoms with E-state index in [2.05, 4.69) is 6.92 Å². The minimum absolute atomic E-state index is 0.118. The summed E-state index contributed by atoms with van der Waals surface area (Å²) < 4.78 is 5.32. The lowest BCUT2D eigenvalue weighted by molar-refractivity contribution is 0.0789. The standard InChI is InChI=1S/C16H25NO2/c1-5-14-7-9-15(10-8-14)16(18)13(3)17(4)11-12-19-6-2/h7-10,13H,5-6,11-12H2,1-4H3. The van der Waals surface area contributed by atoms with Gasteiger partial charge in [0.05, 0.1) is 12.6 Å². The lowest BCUT2D eigenvalue weighted by atomic mass is 10.0. The van der Waals surface area contributed by atoms with Crippen molar-refractivity contribution in [3.05, 3.63) is 35.4 Å². The van der Waals surface area contributed by atoms with Gasteiger partial charge in [0.25, 0.3) is 0 Å². The summed E-state index contributed by atoms with van der Waals surface area (Å²) in [6.07, 6.45) is 0.998. The molecule has 0 saturated carbocycles. The predicted octanol–water partition coefficient (Wildman–Crippen LogP) is 2.79. The van der Waals surface area contributed by atoms with Crippen LogP contribution in [0.25, 0.3) is 0 Å². The van der Waals surface area contributed by atoms with E-state index in [9.17, 15) is 4.79 Å². The maximum absolute atomic E-state index is 12.3. The van der Waals surface area contributed by atoms with Crippen molar-refractivity contribution in [2.45, 2.75) is 33.2 Å². The second kappa shape index (κ2) is 8.08. The van der Waals surface area contributed by atoms with Gasteiger partial charge in [0.15, 0.2) is 5.78 Å². The zero-order chi connectivity index (χ0) is 14.3. The zero-order valence-corrected chi connectivity index (χ0v) is 12.5. The summed E-state index contributed by atoms with van der Waals surface area (Å²) in [6, 6.07) is 7.79. The summed E-state index contributed by atoms with van der Waals surface area (Å²) in [4.78, 5) is 14.4. The van der Waals surface area contributed by atoms with E-state index >= 15 is 0 Å². The minimum atomic E-state index is -0.118. The van der Waals surface area contributed by atoms with Crippen LogP contribution in [0.3, 0.4) is 0 Å². The number of hydrogen-bond acceptors (Lipinski definition) is 3. The van der Waals surface area contributed by atoms with Gasteiger partial charge in [-0.3, -0.25) is 9.69 Å². The molecule has 0 aliphatic carbocycles. The molecule has 1 atom stereocenters. The molecular weight excluding hydrogens is 238 g/mol. The molecular formula is C16H25NO2. The fourth-order valence-electron chi connectivity index (χ4n) is 1.89. The number of carbonyl (C=O) groups excluding carboxylic acids is 1. The average Bonchev–Trinajstić information content (AvgIpc) is 2.46. The second-order valence-electron chi connectivity index (χ2n) is 4.77. The fraction of sp³-hybridized carbons (Fsp3) is 0.562. The Kier molecular flexibility index (Phi) is 6.74. The molecule has 0 aliphatic rings. The number of nitrogens with zero attached hydrogens (tertiary/aromatic N) is 1. The van der Waals surface area contributed by atoms with Gasteiger partial charge in [0, 0.05) is 18.7 Å². The first-order valence-electron chi connectivity index (χ1n) is 7.01. The maximum atomic E-state index is 12.3. The van der Waals surface area contributed by atoms with E-state index in [1.165, 1.54) is 5.56 Å². The van der Waals surface area contributed by atoms with Crippen LogP contribution in [-0.4, -0.2) is 43.5 Å². The second-order valence-corrected chi connectivity index (χ2v) is 4.77. The topological polar surface area (TPSA) is 29.5 Å². The number of benzene rings is 1. The fourth-order valence-corrected chi connectivity index (χ4v) is 1.89. The van der Waals surface area contributed by atoms with E-state index < -0.39 is 0 Å². The first kappa shape index (κ1) is 15.9. The van der Waals surface area contributed by atoms with Gasteiger partial charge in [-0.25, -0.2) is 0 Å². The van der Waals surface area contributed by atoms with Crippen molar-refractivity contribution in [3.63, 3.8) is 0 Å². The Morgan fingerprint density at radius 1 is 1.26 bits per heavy atom. The van der Waals surface area contributed by atoms with Gasteiger partial charge in [0.1, 0.15) is 0 Å². The number of ether oxygens (including phenoxy) is 1. The third-order valence-corrected chi connectivity index (χ3v) is 3.48. The van der Waals surface area contributed by atoms with Crippen molar-refractivity contribution in [1.82, 2.24) is 4.90 Å². The highest BCUT2D eigenvalue weighted by molar-refractivity contribution is 5.99. The first-order chi connectivity index (χ1) is 9.10. The Bertz CT molecular complexity index is 386. The molecule has 19 heavy (non-hydrogen) atoms. The number of aryl methyl sites for hydroxylation is 1. The third-order valence-electron chi connectivity index (χ3n) is 3.48. The molecule has 0 amide bonds. The van der Waals surface area contributed by atoms with E-state index in [4.69, 9.17) is 4.74 Å². The molecule has 0 heterocycles. The van der Waals surface area contributed by atoms with Gasteiger partial charge in [-0.05, 0) is 32.9 Å². The summed E-state index contributed by atoms with van der Waals surface area (Å²) >= 11 is 0. The van der Waals surface area contributed by atoms with Crippen LogP contribution in [0, 0.1) is 0 Å². The Morgan fingerprint density at radius 3 is 2.42 bits per heavy atom. The Balaban J connectivity index is 2.59. The van der Waals surface area contributed by atoms with Crippen molar-refractivity contribution in [2.75, 3.05) is 26.8 Å². The summed E-state index contributed by atoms with van der Waals surface area (Å²) in [5, 5.41) is 0. The Labute approximate surface area is 116 Å². The highest BCUT2D eigenvalue weighted by atomic mass is 16.5. The van der Waals surface area contributed by atoms with E-state index in [0.717, 1.165) is 18.5 Å². The predicted molar refractivity (Wildman–Crippen MR) is 78.7 cm³/mol. The molecule has 0 radical (unpaired) electrons. The molecule has 0 aliphatic heterocycles. The molecule has 1 rings (SSSR count). The molecule has 0 fully saturated rings. The quantitative estimate of drug-likeness (QED) is 0.533. The van der Waals surface area contributed by atoms with Crippen molar-refractivity contribution in [1.29, 1.82) is 0 Å². The third kappa shape index (κ3) is 4.77. The average molecular weight is 263 g/mol. The Morgan fingerprint density at radius 2 is 1.89 bits per heavy atom. The van der Waals surface area contributed by atoms with Gasteiger partial charge >= 0.3 is 0 Å². The van der Waals surface area contributed by atoms with Crippen molar-refractivity contribution >= 4 is 5.78 Å².